The number of rotatable bonds is 4. The van der Waals surface area contributed by atoms with Gasteiger partial charge in [-0.1, -0.05) is 36.9 Å². The number of anilines is 1. The lowest BCUT2D eigenvalue weighted by atomic mass is 10.2. The molecule has 2 rings (SSSR count). The number of nitrogens with zero attached hydrogens (tertiary/aromatic N) is 1. The Bertz CT molecular complexity index is 612. The Hall–Kier alpha value is -2.62. The van der Waals surface area contributed by atoms with Crippen molar-refractivity contribution in [1.82, 2.24) is 5.32 Å². The van der Waals surface area contributed by atoms with E-state index in [4.69, 9.17) is 0 Å². The molecule has 0 saturated heterocycles. The Morgan fingerprint density at radius 1 is 1.50 bits per heavy atom. The van der Waals surface area contributed by atoms with E-state index in [1.807, 2.05) is 43.3 Å². The van der Waals surface area contributed by atoms with Crippen LogP contribution in [0.25, 0.3) is 6.08 Å². The van der Waals surface area contributed by atoms with E-state index in [0.29, 0.717) is 12.2 Å². The highest BCUT2D eigenvalue weighted by Crippen LogP contribution is 2.13. The fourth-order valence-electron chi connectivity index (χ4n) is 1.73. The molecule has 2 N–H and O–H groups in total. The first-order valence-electron chi connectivity index (χ1n) is 6.37. The summed E-state index contributed by atoms with van der Waals surface area (Å²) in [6.07, 6.45) is 7.04. The normalized spacial score (nSPS) is 14.2. The summed E-state index contributed by atoms with van der Waals surface area (Å²) in [5, 5.41) is 5.87. The van der Waals surface area contributed by atoms with E-state index >= 15 is 0 Å². The molecule has 0 aromatic heterocycles. The van der Waals surface area contributed by atoms with Crippen LogP contribution in [0.5, 0.6) is 0 Å². The number of benzene rings is 1. The Labute approximate surface area is 118 Å². The van der Waals surface area contributed by atoms with Gasteiger partial charge in [-0.3, -0.25) is 9.79 Å². The molecule has 0 fully saturated rings. The quantitative estimate of drug-likeness (QED) is 0.824. The van der Waals surface area contributed by atoms with E-state index in [9.17, 15) is 4.79 Å². The number of nitrogens with one attached hydrogen (secondary N) is 2. The molecule has 1 heterocycles. The van der Waals surface area contributed by atoms with Gasteiger partial charge in [0, 0.05) is 11.4 Å². The summed E-state index contributed by atoms with van der Waals surface area (Å²) in [7, 11) is 0. The van der Waals surface area contributed by atoms with E-state index in [1.165, 1.54) is 0 Å². The second-order valence-corrected chi connectivity index (χ2v) is 4.44. The van der Waals surface area contributed by atoms with E-state index in [2.05, 4.69) is 22.2 Å². The van der Waals surface area contributed by atoms with Crippen LogP contribution in [0.3, 0.4) is 0 Å². The monoisotopic (exact) mass is 267 g/mol. The van der Waals surface area contributed by atoms with Gasteiger partial charge in [0.2, 0.25) is 0 Å². The van der Waals surface area contributed by atoms with E-state index in [1.54, 1.807) is 12.3 Å². The number of hydrogen-bond donors (Lipinski definition) is 2. The van der Waals surface area contributed by atoms with Crippen molar-refractivity contribution < 1.29 is 4.79 Å². The lowest BCUT2D eigenvalue weighted by Crippen LogP contribution is -2.31. The molecule has 0 spiro atoms. The number of allylic oxidation sites excluding steroid dienone is 2. The molecule has 0 atom stereocenters. The number of carbonyl (C=O) groups is 1. The minimum Gasteiger partial charge on any atom is -0.374 e. The van der Waals surface area contributed by atoms with Crippen LogP contribution in [-0.2, 0) is 4.79 Å². The largest absolute Gasteiger partial charge is 0.374 e. The predicted octanol–water partition coefficient (Wildman–Crippen LogP) is 2.73. The third kappa shape index (κ3) is 3.68. The highest BCUT2D eigenvalue weighted by atomic mass is 16.2. The van der Waals surface area contributed by atoms with Gasteiger partial charge >= 0.3 is 0 Å². The third-order valence-electron chi connectivity index (χ3n) is 2.76. The third-order valence-corrected chi connectivity index (χ3v) is 2.76. The van der Waals surface area contributed by atoms with Crippen molar-refractivity contribution in [2.75, 3.05) is 11.9 Å². The molecule has 0 saturated carbocycles. The van der Waals surface area contributed by atoms with Gasteiger partial charge in [-0.2, -0.15) is 0 Å². The topological polar surface area (TPSA) is 53.5 Å². The molecule has 1 amide bonds. The summed E-state index contributed by atoms with van der Waals surface area (Å²) in [6.45, 7) is 6.14. The fourth-order valence-corrected chi connectivity index (χ4v) is 1.73. The maximum absolute atomic E-state index is 12.1. The van der Waals surface area contributed by atoms with Gasteiger partial charge in [0.25, 0.3) is 5.91 Å². The zero-order valence-electron chi connectivity index (χ0n) is 11.4. The van der Waals surface area contributed by atoms with Crippen molar-refractivity contribution in [2.24, 2.45) is 4.99 Å². The second-order valence-electron chi connectivity index (χ2n) is 4.44. The minimum atomic E-state index is -0.189. The first-order chi connectivity index (χ1) is 9.69. The van der Waals surface area contributed by atoms with Crippen LogP contribution >= 0.6 is 0 Å². The highest BCUT2D eigenvalue weighted by molar-refractivity contribution is 6.04. The van der Waals surface area contributed by atoms with Crippen LogP contribution in [0.4, 0.5) is 5.69 Å². The molecular formula is C16H17N3O. The smallest absolute Gasteiger partial charge is 0.273 e. The van der Waals surface area contributed by atoms with Crippen LogP contribution < -0.4 is 10.6 Å². The molecule has 1 aromatic rings. The zero-order valence-corrected chi connectivity index (χ0v) is 11.4. The van der Waals surface area contributed by atoms with Crippen LogP contribution in [-0.4, -0.2) is 18.2 Å². The molecule has 0 bridgehead atoms. The first-order valence-corrected chi connectivity index (χ1v) is 6.37. The lowest BCUT2D eigenvalue weighted by molar-refractivity contribution is -0.113. The van der Waals surface area contributed by atoms with Gasteiger partial charge in [0.15, 0.2) is 0 Å². The van der Waals surface area contributed by atoms with E-state index in [-0.39, 0.29) is 5.91 Å². The summed E-state index contributed by atoms with van der Waals surface area (Å²) in [6, 6.07) is 7.60. The number of amides is 1. The van der Waals surface area contributed by atoms with Crippen LogP contribution in [0.2, 0.25) is 0 Å². The molecule has 0 unspecified atom stereocenters. The van der Waals surface area contributed by atoms with Crippen molar-refractivity contribution in [3.05, 3.63) is 60.5 Å². The number of aliphatic imine (C=N–C) groups is 1. The zero-order chi connectivity index (χ0) is 14.4. The van der Waals surface area contributed by atoms with Crippen molar-refractivity contribution >= 4 is 23.4 Å². The molecule has 102 valence electrons. The van der Waals surface area contributed by atoms with Crippen molar-refractivity contribution in [1.29, 1.82) is 0 Å². The SMILES string of the molecule is C=C/C=C/c1cccc(NC(=O)C2=CN=C(C)CN2)c1. The molecular weight excluding hydrogens is 250 g/mol. The van der Waals surface area contributed by atoms with Crippen molar-refractivity contribution in [2.45, 2.75) is 6.92 Å². The van der Waals surface area contributed by atoms with Gasteiger partial charge in [-0.25, -0.2) is 0 Å². The van der Waals surface area contributed by atoms with Crippen LogP contribution in [0.15, 0.2) is 59.9 Å². The molecule has 1 aliphatic rings. The maximum Gasteiger partial charge on any atom is 0.273 e. The second kappa shape index (κ2) is 6.52. The molecule has 4 nitrogen and oxygen atoms in total. The molecule has 1 aliphatic heterocycles. The van der Waals surface area contributed by atoms with Crippen molar-refractivity contribution in [3.63, 3.8) is 0 Å². The maximum atomic E-state index is 12.1. The molecule has 0 aliphatic carbocycles. The molecule has 20 heavy (non-hydrogen) atoms. The predicted molar refractivity (Wildman–Crippen MR) is 83.5 cm³/mol. The molecule has 1 aromatic carbocycles. The van der Waals surface area contributed by atoms with Crippen LogP contribution in [0.1, 0.15) is 12.5 Å². The first kappa shape index (κ1) is 13.8. The Balaban J connectivity index is 2.08. The standard InChI is InChI=1S/C16H17N3O/c1-3-4-6-13-7-5-8-14(9-13)19-16(20)15-11-17-12(2)10-18-15/h3-9,11,18H,1,10H2,2H3,(H,19,20)/b6-4+. The van der Waals surface area contributed by atoms with Gasteiger partial charge in [-0.05, 0) is 24.6 Å². The van der Waals surface area contributed by atoms with Gasteiger partial charge in [-0.15, -0.1) is 0 Å². The minimum absolute atomic E-state index is 0.189. The molecule has 0 radical (unpaired) electrons. The summed E-state index contributed by atoms with van der Waals surface area (Å²) in [5.41, 5.74) is 3.18. The van der Waals surface area contributed by atoms with Crippen molar-refractivity contribution in [3.8, 4) is 0 Å². The Morgan fingerprint density at radius 2 is 2.35 bits per heavy atom. The summed E-state index contributed by atoms with van der Waals surface area (Å²) in [4.78, 5) is 16.2. The average Bonchev–Trinajstić information content (AvgIpc) is 2.46. The lowest BCUT2D eigenvalue weighted by Gasteiger charge is -2.14. The van der Waals surface area contributed by atoms with Crippen LogP contribution in [0, 0.1) is 0 Å². The summed E-state index contributed by atoms with van der Waals surface area (Å²) >= 11 is 0. The summed E-state index contributed by atoms with van der Waals surface area (Å²) in [5.74, 6) is -0.189. The summed E-state index contributed by atoms with van der Waals surface area (Å²) < 4.78 is 0. The molecule has 4 heteroatoms. The van der Waals surface area contributed by atoms with Gasteiger partial charge in [0.05, 0.1) is 12.7 Å². The van der Waals surface area contributed by atoms with E-state index < -0.39 is 0 Å². The van der Waals surface area contributed by atoms with E-state index in [0.717, 1.165) is 17.0 Å². The Morgan fingerprint density at radius 3 is 3.05 bits per heavy atom. The average molecular weight is 267 g/mol. The fraction of sp³-hybridized carbons (Fsp3) is 0.125. The number of hydrogen-bond acceptors (Lipinski definition) is 3. The number of carbonyl (C=O) groups excluding carboxylic acids is 1. The highest BCUT2D eigenvalue weighted by Gasteiger charge is 2.12. The Kier molecular flexibility index (Phi) is 4.50. The van der Waals surface area contributed by atoms with Gasteiger partial charge < -0.3 is 10.6 Å². The van der Waals surface area contributed by atoms with Gasteiger partial charge in [0.1, 0.15) is 5.70 Å².